The maximum absolute atomic E-state index is 12.9. The largest absolute Gasteiger partial charge is 0.481 e. The predicted molar refractivity (Wildman–Crippen MR) is 135 cm³/mol. The first-order chi connectivity index (χ1) is 19.5. The van der Waals surface area contributed by atoms with Crippen molar-refractivity contribution in [2.45, 2.75) is 75.2 Å². The third-order valence-electron chi connectivity index (χ3n) is 5.33. The Kier molecular flexibility index (Phi) is 16.4. The van der Waals surface area contributed by atoms with Crippen molar-refractivity contribution < 1.29 is 68.7 Å². The number of amides is 4. The normalized spacial score (nSPS) is 14.1. The van der Waals surface area contributed by atoms with Crippen molar-refractivity contribution in [3.63, 3.8) is 0 Å². The van der Waals surface area contributed by atoms with Gasteiger partial charge in [0.05, 0.1) is 31.7 Å². The van der Waals surface area contributed by atoms with Crippen LogP contribution in [0.4, 0.5) is 0 Å². The van der Waals surface area contributed by atoms with Crippen molar-refractivity contribution in [2.24, 2.45) is 11.5 Å². The van der Waals surface area contributed by atoms with Gasteiger partial charge in [-0.2, -0.15) is 0 Å². The van der Waals surface area contributed by atoms with E-state index in [1.165, 1.54) is 0 Å². The van der Waals surface area contributed by atoms with Gasteiger partial charge in [0.25, 0.3) is 0 Å². The van der Waals surface area contributed by atoms with Gasteiger partial charge in [-0.05, 0) is 25.8 Å². The second-order valence-corrected chi connectivity index (χ2v) is 8.87. The molecule has 0 aliphatic rings. The van der Waals surface area contributed by atoms with Gasteiger partial charge in [0.1, 0.15) is 24.2 Å². The quantitative estimate of drug-likeness (QED) is 0.0547. The zero-order valence-electron chi connectivity index (χ0n) is 22.1. The maximum Gasteiger partial charge on any atom is 0.326 e. The molecule has 0 aromatic heterocycles. The van der Waals surface area contributed by atoms with Gasteiger partial charge in [0.15, 0.2) is 0 Å². The molecule has 0 spiro atoms. The first-order valence-corrected chi connectivity index (χ1v) is 12.3. The van der Waals surface area contributed by atoms with E-state index in [2.05, 4.69) is 5.32 Å². The molecule has 236 valence electrons. The minimum atomic E-state index is -2.06. The third kappa shape index (κ3) is 15.1. The molecule has 0 bridgehead atoms. The number of nitrogens with two attached hydrogens (primary N) is 2. The van der Waals surface area contributed by atoms with Crippen LogP contribution in [0.15, 0.2) is 0 Å². The molecule has 42 heavy (non-hydrogen) atoms. The summed E-state index contributed by atoms with van der Waals surface area (Å²) >= 11 is 0. The first-order valence-electron chi connectivity index (χ1n) is 12.3. The lowest BCUT2D eigenvalue weighted by atomic mass is 10.1. The molecule has 0 unspecified atom stereocenters. The Morgan fingerprint density at radius 1 is 0.500 bits per heavy atom. The van der Waals surface area contributed by atoms with E-state index in [9.17, 15) is 53.4 Å². The molecule has 13 N–H and O–H groups in total. The number of carboxylic acid groups (broad SMARTS) is 5. The van der Waals surface area contributed by atoms with E-state index in [-0.39, 0.29) is 19.4 Å². The van der Waals surface area contributed by atoms with Crippen LogP contribution in [-0.4, -0.2) is 116 Å². The summed E-state index contributed by atoms with van der Waals surface area (Å²) in [7, 11) is 0. The molecule has 20 heteroatoms. The van der Waals surface area contributed by atoms with Crippen LogP contribution in [-0.2, 0) is 43.2 Å². The molecule has 4 amide bonds. The standard InChI is InChI=1S/C22H34N6O14/c23-4-2-1-3-10(22(41)42)25-19(38)12(7-16(33)34)27-21(40)13(8-17(35)36)28-20(39)11(6-15(31)32)26-18(37)9(24)5-14(29)30/h9-13H,1-8,23-24H2,(H,25,38)(H,26,37)(H,27,40)(H,28,39)(H,29,30)(H,31,32)(H,33,34)(H,35,36)(H,41,42)/t9-,10-,11-,12-,13-/m0/s1. The van der Waals surface area contributed by atoms with Gasteiger partial charge in [-0.1, -0.05) is 0 Å². The van der Waals surface area contributed by atoms with E-state index >= 15 is 0 Å². The molecule has 0 aliphatic heterocycles. The number of nitrogens with one attached hydrogen (secondary N) is 4. The van der Waals surface area contributed by atoms with Crippen LogP contribution >= 0.6 is 0 Å². The number of unbranched alkanes of at least 4 members (excludes halogenated alkanes) is 1. The summed E-state index contributed by atoms with van der Waals surface area (Å²) in [5.41, 5.74) is 10.7. The topological polar surface area (TPSA) is 355 Å². The highest BCUT2D eigenvalue weighted by molar-refractivity contribution is 5.98. The van der Waals surface area contributed by atoms with Crippen molar-refractivity contribution in [1.82, 2.24) is 21.3 Å². The summed E-state index contributed by atoms with van der Waals surface area (Å²) in [5.74, 6) is -13.2. The van der Waals surface area contributed by atoms with Gasteiger partial charge in [0.2, 0.25) is 23.6 Å². The van der Waals surface area contributed by atoms with E-state index < -0.39 is 109 Å². The minimum Gasteiger partial charge on any atom is -0.481 e. The third-order valence-corrected chi connectivity index (χ3v) is 5.33. The maximum atomic E-state index is 12.9. The summed E-state index contributed by atoms with van der Waals surface area (Å²) in [6.45, 7) is 0.237. The van der Waals surface area contributed by atoms with Crippen LogP contribution in [0.3, 0.4) is 0 Å². The zero-order valence-corrected chi connectivity index (χ0v) is 22.1. The fraction of sp³-hybridized carbons (Fsp3) is 0.591. The van der Waals surface area contributed by atoms with Gasteiger partial charge >= 0.3 is 29.8 Å². The first kappa shape index (κ1) is 37.1. The Balaban J connectivity index is 5.88. The number of hydrogen-bond acceptors (Lipinski definition) is 11. The summed E-state index contributed by atoms with van der Waals surface area (Å²) in [6, 6.07) is -9.16. The van der Waals surface area contributed by atoms with Crippen LogP contribution < -0.4 is 32.7 Å². The molecule has 0 aromatic carbocycles. The van der Waals surface area contributed by atoms with Crippen LogP contribution in [0.1, 0.15) is 44.9 Å². The number of carboxylic acids is 5. The molecule has 0 radical (unpaired) electrons. The lowest BCUT2D eigenvalue weighted by Crippen LogP contribution is -2.59. The number of aliphatic carboxylic acids is 5. The molecule has 0 heterocycles. The van der Waals surface area contributed by atoms with E-state index in [1.807, 2.05) is 16.0 Å². The van der Waals surface area contributed by atoms with Crippen LogP contribution in [0.2, 0.25) is 0 Å². The highest BCUT2D eigenvalue weighted by Gasteiger charge is 2.34. The lowest BCUT2D eigenvalue weighted by molar-refractivity contribution is -0.145. The molecular weight excluding hydrogens is 572 g/mol. The number of carbonyl (C=O) groups is 9. The van der Waals surface area contributed by atoms with Crippen molar-refractivity contribution in [2.75, 3.05) is 6.54 Å². The Bertz CT molecular complexity index is 1050. The zero-order chi connectivity index (χ0) is 32.6. The van der Waals surface area contributed by atoms with Crippen molar-refractivity contribution >= 4 is 53.5 Å². The molecule has 0 rings (SSSR count). The smallest absolute Gasteiger partial charge is 0.326 e. The van der Waals surface area contributed by atoms with Crippen molar-refractivity contribution in [1.29, 1.82) is 0 Å². The van der Waals surface area contributed by atoms with Gasteiger partial charge in [-0.3, -0.25) is 38.4 Å². The van der Waals surface area contributed by atoms with E-state index in [0.29, 0.717) is 6.42 Å². The number of rotatable bonds is 21. The second kappa shape index (κ2) is 18.5. The van der Waals surface area contributed by atoms with Crippen molar-refractivity contribution in [3.8, 4) is 0 Å². The van der Waals surface area contributed by atoms with Gasteiger partial charge in [-0.25, -0.2) is 4.79 Å². The SMILES string of the molecule is NCCCC[C@H](NC(=O)[C@H](CC(=O)O)NC(=O)[C@H](CC(=O)O)NC(=O)[C@H](CC(=O)O)NC(=O)[C@@H](N)CC(=O)O)C(=O)O. The fourth-order valence-electron chi connectivity index (χ4n) is 3.28. The summed E-state index contributed by atoms with van der Waals surface area (Å²) in [5, 5.41) is 53.3. The Hall–Kier alpha value is -4.85. The lowest BCUT2D eigenvalue weighted by Gasteiger charge is -2.25. The average Bonchev–Trinajstić information content (AvgIpc) is 2.85. The van der Waals surface area contributed by atoms with Crippen LogP contribution in [0, 0.1) is 0 Å². The van der Waals surface area contributed by atoms with Crippen LogP contribution in [0.25, 0.3) is 0 Å². The summed E-state index contributed by atoms with van der Waals surface area (Å²) in [4.78, 5) is 106. The summed E-state index contributed by atoms with van der Waals surface area (Å²) < 4.78 is 0. The molecule has 0 saturated heterocycles. The fourth-order valence-corrected chi connectivity index (χ4v) is 3.28. The molecule has 0 aromatic rings. The second-order valence-electron chi connectivity index (χ2n) is 8.87. The van der Waals surface area contributed by atoms with E-state index in [4.69, 9.17) is 26.8 Å². The molecule has 0 saturated carbocycles. The van der Waals surface area contributed by atoms with Gasteiger partial charge in [0, 0.05) is 0 Å². The van der Waals surface area contributed by atoms with Gasteiger partial charge < -0.3 is 58.3 Å². The highest BCUT2D eigenvalue weighted by Crippen LogP contribution is 2.05. The van der Waals surface area contributed by atoms with Crippen molar-refractivity contribution in [3.05, 3.63) is 0 Å². The predicted octanol–water partition coefficient (Wildman–Crippen LogP) is -4.63. The molecule has 20 nitrogen and oxygen atoms in total. The molecule has 0 fully saturated rings. The van der Waals surface area contributed by atoms with Crippen LogP contribution in [0.5, 0.6) is 0 Å². The Labute approximate surface area is 237 Å². The highest BCUT2D eigenvalue weighted by atomic mass is 16.4. The monoisotopic (exact) mass is 606 g/mol. The number of carbonyl (C=O) groups excluding carboxylic acids is 4. The summed E-state index contributed by atoms with van der Waals surface area (Å²) in [6.07, 6.45) is -3.63. The molecule has 5 atom stereocenters. The van der Waals surface area contributed by atoms with E-state index in [0.717, 1.165) is 0 Å². The molecule has 0 aliphatic carbocycles. The minimum absolute atomic E-state index is 0.0868. The Morgan fingerprint density at radius 2 is 0.833 bits per heavy atom. The Morgan fingerprint density at radius 3 is 1.14 bits per heavy atom. The van der Waals surface area contributed by atoms with Gasteiger partial charge in [-0.15, -0.1) is 0 Å². The average molecular weight is 607 g/mol. The van der Waals surface area contributed by atoms with E-state index in [1.54, 1.807) is 0 Å². The number of hydrogen-bond donors (Lipinski definition) is 11. The molecular formula is C22H34N6O14.